The van der Waals surface area contributed by atoms with Gasteiger partial charge in [-0.1, -0.05) is 41.9 Å². The molecule has 1 nitrogen and oxygen atoms in total. The van der Waals surface area contributed by atoms with Crippen molar-refractivity contribution in [2.75, 3.05) is 0 Å². The maximum Gasteiger partial charge on any atom is 0.131 e. The minimum atomic E-state index is 0.0277. The van der Waals surface area contributed by atoms with Crippen LogP contribution in [0.4, 0.5) is 0 Å². The van der Waals surface area contributed by atoms with Crippen LogP contribution in [0.5, 0.6) is 0 Å². The lowest BCUT2D eigenvalue weighted by Gasteiger charge is -2.17. The summed E-state index contributed by atoms with van der Waals surface area (Å²) in [5.41, 5.74) is 1.00. The van der Waals surface area contributed by atoms with Crippen LogP contribution in [0, 0.1) is 0 Å². The maximum absolute atomic E-state index is 11.5. The lowest BCUT2D eigenvalue weighted by molar-refractivity contribution is -0.117. The van der Waals surface area contributed by atoms with Gasteiger partial charge in [-0.05, 0) is 46.6 Å². The highest BCUT2D eigenvalue weighted by molar-refractivity contribution is 9.10. The molecule has 0 N–H and O–H groups in total. The Morgan fingerprint density at radius 2 is 1.85 bits per heavy atom. The van der Waals surface area contributed by atoms with E-state index in [-0.39, 0.29) is 11.0 Å². The zero-order valence-corrected chi connectivity index (χ0v) is 14.1. The number of carbonyl (C=O) groups is 1. The molecule has 104 valence electrons. The molecular weight excluding hydrogens is 356 g/mol. The van der Waals surface area contributed by atoms with Gasteiger partial charge in [-0.15, -0.1) is 11.8 Å². The third kappa shape index (κ3) is 4.11. The molecule has 0 heterocycles. The molecule has 0 bridgehead atoms. The number of thioether (sulfide) groups is 1. The molecule has 0 radical (unpaired) electrons. The number of ketones is 1. The van der Waals surface area contributed by atoms with Crippen LogP contribution in [-0.2, 0) is 4.79 Å². The summed E-state index contributed by atoms with van der Waals surface area (Å²) >= 11 is 11.5. The van der Waals surface area contributed by atoms with Crippen LogP contribution < -0.4 is 0 Å². The lowest BCUT2D eigenvalue weighted by atomic mass is 10.1. The predicted octanol–water partition coefficient (Wildman–Crippen LogP) is 5.92. The fraction of sp³-hybridized carbons (Fsp3) is 0.188. The summed E-state index contributed by atoms with van der Waals surface area (Å²) in [6.45, 7) is 1.62. The van der Waals surface area contributed by atoms with Crippen LogP contribution in [-0.4, -0.2) is 5.78 Å². The van der Waals surface area contributed by atoms with E-state index in [9.17, 15) is 4.79 Å². The summed E-state index contributed by atoms with van der Waals surface area (Å²) in [4.78, 5) is 12.7. The van der Waals surface area contributed by atoms with Gasteiger partial charge >= 0.3 is 0 Å². The summed E-state index contributed by atoms with van der Waals surface area (Å²) in [5, 5.41) is 0.734. The number of benzene rings is 2. The molecule has 0 saturated heterocycles. The SMILES string of the molecule is CC(=O)CC(Sc1ccccc1Br)c1ccccc1Cl. The Balaban J connectivity index is 2.32. The normalized spacial score (nSPS) is 12.2. The van der Waals surface area contributed by atoms with Crippen molar-refractivity contribution in [3.8, 4) is 0 Å². The molecule has 0 aromatic heterocycles. The number of halogens is 2. The fourth-order valence-corrected chi connectivity index (χ4v) is 4.10. The Hall–Kier alpha value is -0.770. The minimum absolute atomic E-state index is 0.0277. The molecule has 4 heteroatoms. The number of Topliss-reactive ketones (excluding diaryl/α,β-unsaturated/α-hetero) is 1. The third-order valence-corrected chi connectivity index (χ3v) is 5.44. The van der Waals surface area contributed by atoms with Crippen molar-refractivity contribution in [1.82, 2.24) is 0 Å². The molecule has 0 fully saturated rings. The van der Waals surface area contributed by atoms with Crippen molar-refractivity contribution in [3.05, 3.63) is 63.6 Å². The molecule has 2 aromatic carbocycles. The van der Waals surface area contributed by atoms with Crippen LogP contribution in [0.3, 0.4) is 0 Å². The smallest absolute Gasteiger partial charge is 0.131 e. The molecule has 1 unspecified atom stereocenters. The van der Waals surface area contributed by atoms with Gasteiger partial charge in [0.25, 0.3) is 0 Å². The van der Waals surface area contributed by atoms with Gasteiger partial charge in [0.05, 0.1) is 0 Å². The third-order valence-electron chi connectivity index (χ3n) is 2.83. The number of hydrogen-bond acceptors (Lipinski definition) is 2. The van der Waals surface area contributed by atoms with Crippen LogP contribution in [0.1, 0.15) is 24.2 Å². The van der Waals surface area contributed by atoms with E-state index in [2.05, 4.69) is 15.9 Å². The van der Waals surface area contributed by atoms with Crippen LogP contribution in [0.15, 0.2) is 57.9 Å². The van der Waals surface area contributed by atoms with E-state index in [0.29, 0.717) is 11.4 Å². The standard InChI is InChI=1S/C16H14BrClOS/c1-11(19)10-16(12-6-2-4-8-14(12)18)20-15-9-5-3-7-13(15)17/h2-9,16H,10H2,1H3. The Labute approximate surface area is 136 Å². The van der Waals surface area contributed by atoms with E-state index in [1.807, 2.05) is 48.5 Å². The first kappa shape index (κ1) is 15.6. The first-order valence-electron chi connectivity index (χ1n) is 6.23. The largest absolute Gasteiger partial charge is 0.300 e. The number of carbonyl (C=O) groups excluding carboxylic acids is 1. The van der Waals surface area contributed by atoms with E-state index >= 15 is 0 Å². The van der Waals surface area contributed by atoms with Crippen molar-refractivity contribution in [2.24, 2.45) is 0 Å². The van der Waals surface area contributed by atoms with Crippen molar-refractivity contribution in [2.45, 2.75) is 23.5 Å². The molecule has 20 heavy (non-hydrogen) atoms. The van der Waals surface area contributed by atoms with E-state index < -0.39 is 0 Å². The molecule has 0 aliphatic carbocycles. The summed E-state index contributed by atoms with van der Waals surface area (Å²) in [6, 6.07) is 15.7. The quantitative estimate of drug-likeness (QED) is 0.609. The van der Waals surface area contributed by atoms with Crippen LogP contribution >= 0.6 is 39.3 Å². The second kappa shape index (κ2) is 7.30. The Bertz CT molecular complexity index is 615. The average molecular weight is 370 g/mol. The average Bonchev–Trinajstić information content (AvgIpc) is 2.40. The predicted molar refractivity (Wildman–Crippen MR) is 89.5 cm³/mol. The van der Waals surface area contributed by atoms with E-state index in [1.165, 1.54) is 0 Å². The monoisotopic (exact) mass is 368 g/mol. The highest BCUT2D eigenvalue weighted by atomic mass is 79.9. The molecule has 0 amide bonds. The molecule has 2 aromatic rings. The Morgan fingerprint density at radius 1 is 1.20 bits per heavy atom. The lowest BCUT2D eigenvalue weighted by Crippen LogP contribution is -2.01. The van der Waals surface area contributed by atoms with Gasteiger partial charge in [0.2, 0.25) is 0 Å². The first-order chi connectivity index (χ1) is 9.58. The molecular formula is C16H14BrClOS. The van der Waals surface area contributed by atoms with Gasteiger partial charge in [-0.25, -0.2) is 0 Å². The fourth-order valence-electron chi connectivity index (χ4n) is 1.91. The van der Waals surface area contributed by atoms with Gasteiger partial charge in [0.15, 0.2) is 0 Å². The highest BCUT2D eigenvalue weighted by Gasteiger charge is 2.19. The van der Waals surface area contributed by atoms with Gasteiger partial charge in [0, 0.05) is 26.1 Å². The summed E-state index contributed by atoms with van der Waals surface area (Å²) in [7, 11) is 0. The van der Waals surface area contributed by atoms with E-state index in [1.54, 1.807) is 18.7 Å². The van der Waals surface area contributed by atoms with Crippen molar-refractivity contribution in [1.29, 1.82) is 0 Å². The molecule has 0 saturated carbocycles. The van der Waals surface area contributed by atoms with Crippen molar-refractivity contribution < 1.29 is 4.79 Å². The minimum Gasteiger partial charge on any atom is -0.300 e. The Kier molecular flexibility index (Phi) is 5.70. The Morgan fingerprint density at radius 3 is 2.50 bits per heavy atom. The van der Waals surface area contributed by atoms with E-state index in [0.717, 1.165) is 14.9 Å². The zero-order valence-electron chi connectivity index (χ0n) is 11.0. The second-order valence-electron chi connectivity index (χ2n) is 4.46. The van der Waals surface area contributed by atoms with Gasteiger partial charge in [-0.2, -0.15) is 0 Å². The summed E-state index contributed by atoms with van der Waals surface area (Å²) in [6.07, 6.45) is 0.468. The van der Waals surface area contributed by atoms with Crippen molar-refractivity contribution >= 4 is 45.1 Å². The molecule has 0 aliphatic rings. The first-order valence-corrected chi connectivity index (χ1v) is 8.28. The number of hydrogen-bond donors (Lipinski definition) is 0. The van der Waals surface area contributed by atoms with Gasteiger partial charge < -0.3 is 0 Å². The molecule has 0 aliphatic heterocycles. The number of rotatable bonds is 5. The van der Waals surface area contributed by atoms with E-state index in [4.69, 9.17) is 11.6 Å². The van der Waals surface area contributed by atoms with Crippen LogP contribution in [0.25, 0.3) is 0 Å². The zero-order chi connectivity index (χ0) is 14.5. The van der Waals surface area contributed by atoms with Crippen molar-refractivity contribution in [3.63, 3.8) is 0 Å². The highest BCUT2D eigenvalue weighted by Crippen LogP contribution is 2.42. The molecule has 1 atom stereocenters. The van der Waals surface area contributed by atoms with Crippen LogP contribution in [0.2, 0.25) is 5.02 Å². The molecule has 2 rings (SSSR count). The summed E-state index contributed by atoms with van der Waals surface area (Å²) < 4.78 is 1.03. The topological polar surface area (TPSA) is 17.1 Å². The second-order valence-corrected chi connectivity index (χ2v) is 6.97. The molecule has 0 spiro atoms. The summed E-state index contributed by atoms with van der Waals surface area (Å²) in [5.74, 6) is 0.162. The van der Waals surface area contributed by atoms with Gasteiger partial charge in [-0.3, -0.25) is 4.79 Å². The van der Waals surface area contributed by atoms with Gasteiger partial charge in [0.1, 0.15) is 5.78 Å². The maximum atomic E-state index is 11.5.